The smallest absolute Gasteiger partial charge is 0.309 e. The Morgan fingerprint density at radius 1 is 1.17 bits per heavy atom. The van der Waals surface area contributed by atoms with Crippen LogP contribution in [0.25, 0.3) is 0 Å². The molecule has 1 amide bonds. The van der Waals surface area contributed by atoms with E-state index in [9.17, 15) is 18.0 Å². The Morgan fingerprint density at radius 3 is 2.67 bits per heavy atom. The third kappa shape index (κ3) is 3.30. The lowest BCUT2D eigenvalue weighted by atomic mass is 9.95. The summed E-state index contributed by atoms with van der Waals surface area (Å²) in [7, 11) is 0. The lowest BCUT2D eigenvalue weighted by molar-refractivity contribution is -0.137. The number of fused-ring (bicyclic) bond motifs is 1. The summed E-state index contributed by atoms with van der Waals surface area (Å²) in [6.07, 6.45) is -2.68. The zero-order chi connectivity index (χ0) is 17.3. The molecule has 2 nitrogen and oxygen atoms in total. The van der Waals surface area contributed by atoms with E-state index in [0.717, 1.165) is 36.2 Å². The largest absolute Gasteiger partial charge is 0.416 e. The molecule has 5 heteroatoms. The number of anilines is 1. The molecule has 0 saturated heterocycles. The fourth-order valence-corrected chi connectivity index (χ4v) is 3.19. The fourth-order valence-electron chi connectivity index (χ4n) is 3.19. The summed E-state index contributed by atoms with van der Waals surface area (Å²) in [5.74, 6) is -0.172. The molecular formula is C19H18F3NO. The summed E-state index contributed by atoms with van der Waals surface area (Å²) < 4.78 is 38.5. The summed E-state index contributed by atoms with van der Waals surface area (Å²) in [6.45, 7) is 1.97. The van der Waals surface area contributed by atoms with E-state index in [-0.39, 0.29) is 18.4 Å². The topological polar surface area (TPSA) is 20.3 Å². The second-order valence-electron chi connectivity index (χ2n) is 6.16. The molecule has 1 aliphatic heterocycles. The standard InChI is InChI=1S/C19H18F3NO/c1-13-9-10-15-6-2-3-8-17(15)23(13)18(24)12-14-5-4-7-16(11-14)19(20,21)22/h2-8,11,13H,9-10,12H2,1H3/t13-/m0/s1. The van der Waals surface area contributed by atoms with E-state index in [4.69, 9.17) is 0 Å². The van der Waals surface area contributed by atoms with Crippen molar-refractivity contribution in [3.8, 4) is 0 Å². The number of hydrogen-bond donors (Lipinski definition) is 0. The number of carbonyl (C=O) groups excluding carboxylic acids is 1. The van der Waals surface area contributed by atoms with Crippen molar-refractivity contribution < 1.29 is 18.0 Å². The van der Waals surface area contributed by atoms with Gasteiger partial charge in [0, 0.05) is 11.7 Å². The van der Waals surface area contributed by atoms with Gasteiger partial charge in [-0.2, -0.15) is 13.2 Å². The Labute approximate surface area is 138 Å². The molecule has 2 aromatic carbocycles. The van der Waals surface area contributed by atoms with Crippen LogP contribution in [0.2, 0.25) is 0 Å². The maximum atomic E-state index is 12.8. The van der Waals surface area contributed by atoms with Crippen LogP contribution in [-0.2, 0) is 23.8 Å². The number of para-hydroxylation sites is 1. The van der Waals surface area contributed by atoms with Gasteiger partial charge in [0.05, 0.1) is 12.0 Å². The van der Waals surface area contributed by atoms with Gasteiger partial charge in [-0.05, 0) is 43.0 Å². The SMILES string of the molecule is C[C@H]1CCc2ccccc2N1C(=O)Cc1cccc(C(F)(F)F)c1. The minimum atomic E-state index is -4.40. The normalized spacial score (nSPS) is 17.5. The predicted octanol–water partition coefficient (Wildman–Crippen LogP) is 4.62. The van der Waals surface area contributed by atoms with Crippen LogP contribution in [0, 0.1) is 0 Å². The number of benzene rings is 2. The van der Waals surface area contributed by atoms with Crippen LogP contribution in [0.4, 0.5) is 18.9 Å². The van der Waals surface area contributed by atoms with Crippen molar-refractivity contribution in [2.75, 3.05) is 4.90 Å². The number of alkyl halides is 3. The minimum Gasteiger partial charge on any atom is -0.309 e. The molecule has 0 N–H and O–H groups in total. The second kappa shape index (κ2) is 6.30. The van der Waals surface area contributed by atoms with Gasteiger partial charge < -0.3 is 4.90 Å². The summed E-state index contributed by atoms with van der Waals surface area (Å²) in [6, 6.07) is 12.7. The molecule has 0 aliphatic carbocycles. The molecule has 0 radical (unpaired) electrons. The first kappa shape index (κ1) is 16.6. The Hall–Kier alpha value is -2.30. The first-order valence-electron chi connectivity index (χ1n) is 7.92. The molecule has 3 rings (SSSR count). The summed E-state index contributed by atoms with van der Waals surface area (Å²) in [5.41, 5.74) is 1.63. The van der Waals surface area contributed by atoms with Crippen LogP contribution < -0.4 is 4.90 Å². The molecule has 1 heterocycles. The molecule has 1 aliphatic rings. The lowest BCUT2D eigenvalue weighted by Crippen LogP contribution is -2.42. The Morgan fingerprint density at radius 2 is 1.92 bits per heavy atom. The van der Waals surface area contributed by atoms with Gasteiger partial charge in [-0.25, -0.2) is 0 Å². The Kier molecular flexibility index (Phi) is 4.35. The highest BCUT2D eigenvalue weighted by Gasteiger charge is 2.31. The maximum absolute atomic E-state index is 12.8. The van der Waals surface area contributed by atoms with E-state index in [2.05, 4.69) is 0 Å². The molecule has 0 fully saturated rings. The third-order valence-corrected chi connectivity index (χ3v) is 4.40. The first-order valence-corrected chi connectivity index (χ1v) is 7.92. The molecule has 0 bridgehead atoms. The van der Waals surface area contributed by atoms with Gasteiger partial charge >= 0.3 is 6.18 Å². The van der Waals surface area contributed by atoms with Crippen molar-refractivity contribution in [3.05, 3.63) is 65.2 Å². The van der Waals surface area contributed by atoms with Gasteiger partial charge in [-0.3, -0.25) is 4.79 Å². The molecule has 1 atom stereocenters. The van der Waals surface area contributed by atoms with Crippen molar-refractivity contribution in [3.63, 3.8) is 0 Å². The highest BCUT2D eigenvalue weighted by Crippen LogP contribution is 2.32. The summed E-state index contributed by atoms with van der Waals surface area (Å²) in [5, 5.41) is 0. The van der Waals surface area contributed by atoms with E-state index >= 15 is 0 Å². The van der Waals surface area contributed by atoms with E-state index in [1.165, 1.54) is 6.07 Å². The zero-order valence-corrected chi connectivity index (χ0v) is 13.3. The summed E-state index contributed by atoms with van der Waals surface area (Å²) in [4.78, 5) is 14.5. The van der Waals surface area contributed by atoms with Gasteiger partial charge in [0.1, 0.15) is 0 Å². The van der Waals surface area contributed by atoms with Gasteiger partial charge in [0.2, 0.25) is 5.91 Å². The monoisotopic (exact) mass is 333 g/mol. The van der Waals surface area contributed by atoms with Crippen molar-refractivity contribution in [2.24, 2.45) is 0 Å². The zero-order valence-electron chi connectivity index (χ0n) is 13.3. The molecule has 2 aromatic rings. The minimum absolute atomic E-state index is 0.0391. The number of rotatable bonds is 2. The molecular weight excluding hydrogens is 315 g/mol. The van der Waals surface area contributed by atoms with Gasteiger partial charge in [0.15, 0.2) is 0 Å². The number of amides is 1. The van der Waals surface area contributed by atoms with E-state index in [0.29, 0.717) is 5.56 Å². The van der Waals surface area contributed by atoms with Gasteiger partial charge in [0.25, 0.3) is 0 Å². The van der Waals surface area contributed by atoms with E-state index < -0.39 is 11.7 Å². The van der Waals surface area contributed by atoms with E-state index in [1.807, 2.05) is 31.2 Å². The second-order valence-corrected chi connectivity index (χ2v) is 6.16. The predicted molar refractivity (Wildman–Crippen MR) is 86.9 cm³/mol. The molecule has 0 spiro atoms. The van der Waals surface area contributed by atoms with Crippen LogP contribution >= 0.6 is 0 Å². The molecule has 0 saturated carbocycles. The van der Waals surface area contributed by atoms with Crippen molar-refractivity contribution in [2.45, 2.75) is 38.4 Å². The van der Waals surface area contributed by atoms with Gasteiger partial charge in [-0.15, -0.1) is 0 Å². The van der Waals surface area contributed by atoms with Crippen molar-refractivity contribution in [1.82, 2.24) is 0 Å². The number of carbonyl (C=O) groups is 1. The average molecular weight is 333 g/mol. The first-order chi connectivity index (χ1) is 11.4. The Balaban J connectivity index is 1.85. The quantitative estimate of drug-likeness (QED) is 0.785. The van der Waals surface area contributed by atoms with Crippen molar-refractivity contribution in [1.29, 1.82) is 0 Å². The summed E-state index contributed by atoms with van der Waals surface area (Å²) >= 11 is 0. The van der Waals surface area contributed by atoms with E-state index in [1.54, 1.807) is 11.0 Å². The highest BCUT2D eigenvalue weighted by atomic mass is 19.4. The fraction of sp³-hybridized carbons (Fsp3) is 0.316. The average Bonchev–Trinajstić information content (AvgIpc) is 2.54. The van der Waals surface area contributed by atoms with Crippen LogP contribution in [0.1, 0.15) is 30.0 Å². The van der Waals surface area contributed by atoms with Gasteiger partial charge in [-0.1, -0.05) is 36.4 Å². The number of nitrogens with zero attached hydrogens (tertiary/aromatic N) is 1. The van der Waals surface area contributed by atoms with Crippen LogP contribution in [0.15, 0.2) is 48.5 Å². The van der Waals surface area contributed by atoms with Crippen LogP contribution in [0.5, 0.6) is 0 Å². The number of hydrogen-bond acceptors (Lipinski definition) is 1. The maximum Gasteiger partial charge on any atom is 0.416 e. The molecule has 24 heavy (non-hydrogen) atoms. The third-order valence-electron chi connectivity index (χ3n) is 4.40. The molecule has 126 valence electrons. The number of aryl methyl sites for hydroxylation is 1. The molecule has 0 unspecified atom stereocenters. The highest BCUT2D eigenvalue weighted by molar-refractivity contribution is 5.96. The lowest BCUT2D eigenvalue weighted by Gasteiger charge is -2.35. The number of halogens is 3. The van der Waals surface area contributed by atoms with Crippen LogP contribution in [-0.4, -0.2) is 11.9 Å². The molecule has 0 aromatic heterocycles. The van der Waals surface area contributed by atoms with Crippen LogP contribution in [0.3, 0.4) is 0 Å². The Bertz CT molecular complexity index is 754. The van der Waals surface area contributed by atoms with Crippen molar-refractivity contribution >= 4 is 11.6 Å².